The zero-order valence-electron chi connectivity index (χ0n) is 17.2. The lowest BCUT2D eigenvalue weighted by Crippen LogP contribution is -2.17. The Morgan fingerprint density at radius 1 is 0.968 bits per heavy atom. The van der Waals surface area contributed by atoms with Gasteiger partial charge in [0.15, 0.2) is 0 Å². The monoisotopic (exact) mass is 416 g/mol. The van der Waals surface area contributed by atoms with Crippen molar-refractivity contribution >= 4 is 16.9 Å². The number of para-hydroxylation sites is 1. The number of nitrogens with zero attached hydrogens (tertiary/aromatic N) is 1. The lowest BCUT2D eigenvalue weighted by molar-refractivity contribution is 0.0684. The highest BCUT2D eigenvalue weighted by molar-refractivity contribution is 5.98. The largest absolute Gasteiger partial charge is 0.508 e. The highest BCUT2D eigenvalue weighted by Gasteiger charge is 2.22. The van der Waals surface area contributed by atoms with Gasteiger partial charge in [0.2, 0.25) is 0 Å². The minimum absolute atomic E-state index is 0.210. The maximum Gasteiger partial charge on any atom is 0.352 e. The molecule has 31 heavy (non-hydrogen) atoms. The molecule has 4 rings (SSSR count). The maximum absolute atomic E-state index is 12.3. The number of phenolic OH excluding ortho intramolecular Hbond substituents is 1. The Bertz CT molecular complexity index is 1210. The molecular formula is C25H24N2O4. The molecule has 0 aliphatic rings. The van der Waals surface area contributed by atoms with Gasteiger partial charge in [-0.2, -0.15) is 0 Å². The molecule has 4 aromatic rings. The molecule has 0 aliphatic carbocycles. The predicted octanol–water partition coefficient (Wildman–Crippen LogP) is 4.39. The number of aromatic hydroxyl groups is 1. The number of rotatable bonds is 8. The molecule has 0 saturated heterocycles. The van der Waals surface area contributed by atoms with E-state index in [0.717, 1.165) is 33.3 Å². The number of carboxylic acids is 1. The van der Waals surface area contributed by atoms with Crippen molar-refractivity contribution in [3.05, 3.63) is 95.2 Å². The molecule has 0 amide bonds. The van der Waals surface area contributed by atoms with Crippen molar-refractivity contribution in [3.8, 4) is 11.5 Å². The molecule has 0 spiro atoms. The quantitative estimate of drug-likeness (QED) is 0.397. The summed E-state index contributed by atoms with van der Waals surface area (Å²) in [4.78, 5) is 12.3. The second kappa shape index (κ2) is 8.93. The van der Waals surface area contributed by atoms with E-state index in [1.54, 1.807) is 25.3 Å². The number of carboxylic acid groups (broad SMARTS) is 1. The van der Waals surface area contributed by atoms with Crippen LogP contribution in [0.3, 0.4) is 0 Å². The summed E-state index contributed by atoms with van der Waals surface area (Å²) in [6.45, 7) is 1.36. The average molecular weight is 416 g/mol. The molecule has 0 atom stereocenters. The van der Waals surface area contributed by atoms with Gasteiger partial charge in [0.05, 0.1) is 7.11 Å². The van der Waals surface area contributed by atoms with Crippen LogP contribution in [-0.4, -0.2) is 27.9 Å². The summed E-state index contributed by atoms with van der Waals surface area (Å²) in [5, 5.41) is 23.9. The van der Waals surface area contributed by atoms with E-state index < -0.39 is 5.97 Å². The van der Waals surface area contributed by atoms with Crippen LogP contribution in [-0.2, 0) is 19.6 Å². The van der Waals surface area contributed by atoms with E-state index in [1.165, 1.54) is 0 Å². The van der Waals surface area contributed by atoms with Crippen LogP contribution in [0.1, 0.15) is 27.2 Å². The van der Waals surface area contributed by atoms with Crippen molar-refractivity contribution in [1.82, 2.24) is 9.88 Å². The van der Waals surface area contributed by atoms with Crippen molar-refractivity contribution in [2.45, 2.75) is 19.6 Å². The molecule has 0 fully saturated rings. The van der Waals surface area contributed by atoms with Gasteiger partial charge < -0.3 is 24.8 Å². The second-order valence-electron chi connectivity index (χ2n) is 7.36. The number of hydrogen-bond acceptors (Lipinski definition) is 4. The second-order valence-corrected chi connectivity index (χ2v) is 7.36. The Morgan fingerprint density at radius 3 is 2.45 bits per heavy atom. The van der Waals surface area contributed by atoms with Crippen LogP contribution in [0, 0.1) is 0 Å². The SMILES string of the molecule is COc1ccc(Cn2c(C(=O)O)c(CNCc3cccc(O)c3)c3ccccc32)cc1. The minimum atomic E-state index is -0.959. The summed E-state index contributed by atoms with van der Waals surface area (Å²) < 4.78 is 7.07. The Hall–Kier alpha value is -3.77. The van der Waals surface area contributed by atoms with Crippen LogP contribution in [0.2, 0.25) is 0 Å². The van der Waals surface area contributed by atoms with Gasteiger partial charge >= 0.3 is 5.97 Å². The van der Waals surface area contributed by atoms with Crippen LogP contribution in [0.4, 0.5) is 0 Å². The fourth-order valence-corrected chi connectivity index (χ4v) is 3.87. The fraction of sp³-hybridized carbons (Fsp3) is 0.160. The molecule has 1 heterocycles. The summed E-state index contributed by atoms with van der Waals surface area (Å²) >= 11 is 0. The summed E-state index contributed by atoms with van der Waals surface area (Å²) in [7, 11) is 1.62. The zero-order chi connectivity index (χ0) is 21.8. The molecule has 0 radical (unpaired) electrons. The third-order valence-corrected chi connectivity index (χ3v) is 5.32. The first kappa shape index (κ1) is 20.5. The molecule has 0 aliphatic heterocycles. The third-order valence-electron chi connectivity index (χ3n) is 5.32. The van der Waals surface area contributed by atoms with Crippen molar-refractivity contribution in [2.24, 2.45) is 0 Å². The van der Waals surface area contributed by atoms with Crippen molar-refractivity contribution < 1.29 is 19.7 Å². The van der Waals surface area contributed by atoms with E-state index in [4.69, 9.17) is 4.74 Å². The average Bonchev–Trinajstić information content (AvgIpc) is 3.08. The zero-order valence-corrected chi connectivity index (χ0v) is 17.2. The molecule has 158 valence electrons. The lowest BCUT2D eigenvalue weighted by Gasteiger charge is -2.11. The van der Waals surface area contributed by atoms with Gasteiger partial charge in [-0.15, -0.1) is 0 Å². The summed E-state index contributed by atoms with van der Waals surface area (Å²) in [5.41, 5.74) is 3.82. The van der Waals surface area contributed by atoms with E-state index >= 15 is 0 Å². The first-order chi connectivity index (χ1) is 15.1. The van der Waals surface area contributed by atoms with E-state index in [2.05, 4.69) is 5.32 Å². The molecule has 6 nitrogen and oxygen atoms in total. The first-order valence-corrected chi connectivity index (χ1v) is 10.0. The Labute approximate surface area is 180 Å². The topological polar surface area (TPSA) is 83.7 Å². The van der Waals surface area contributed by atoms with Gasteiger partial charge in [0.25, 0.3) is 0 Å². The number of carbonyl (C=O) groups is 1. The van der Waals surface area contributed by atoms with Crippen molar-refractivity contribution in [2.75, 3.05) is 7.11 Å². The van der Waals surface area contributed by atoms with Crippen molar-refractivity contribution in [1.29, 1.82) is 0 Å². The van der Waals surface area contributed by atoms with Gasteiger partial charge in [-0.3, -0.25) is 0 Å². The first-order valence-electron chi connectivity index (χ1n) is 10.0. The van der Waals surface area contributed by atoms with Crippen LogP contribution in [0.15, 0.2) is 72.8 Å². The number of hydrogen-bond donors (Lipinski definition) is 3. The van der Waals surface area contributed by atoms with Gasteiger partial charge in [0, 0.05) is 36.1 Å². The highest BCUT2D eigenvalue weighted by atomic mass is 16.5. The molecule has 0 bridgehead atoms. The molecular weight excluding hydrogens is 392 g/mol. The van der Waals surface area contributed by atoms with Gasteiger partial charge in [0.1, 0.15) is 17.2 Å². The number of methoxy groups -OCH3 is 1. The highest BCUT2D eigenvalue weighted by Crippen LogP contribution is 2.28. The van der Waals surface area contributed by atoms with Crippen LogP contribution in [0.25, 0.3) is 10.9 Å². The minimum Gasteiger partial charge on any atom is -0.508 e. The molecule has 0 unspecified atom stereocenters. The standard InChI is InChI=1S/C25H24N2O4/c1-31-20-11-9-17(10-12-20)16-27-23-8-3-2-7-21(23)22(24(27)25(29)30)15-26-14-18-5-4-6-19(28)13-18/h2-13,26,28H,14-16H2,1H3,(H,29,30). The number of nitrogens with one attached hydrogen (secondary N) is 1. The Kier molecular flexibility index (Phi) is 5.91. The predicted molar refractivity (Wildman–Crippen MR) is 120 cm³/mol. The maximum atomic E-state index is 12.3. The summed E-state index contributed by atoms with van der Waals surface area (Å²) in [6, 6.07) is 22.4. The van der Waals surface area contributed by atoms with E-state index in [9.17, 15) is 15.0 Å². The summed E-state index contributed by atoms with van der Waals surface area (Å²) in [5.74, 6) is 0.0110. The van der Waals surface area contributed by atoms with Gasteiger partial charge in [-0.1, -0.05) is 42.5 Å². The lowest BCUT2D eigenvalue weighted by atomic mass is 10.1. The molecule has 3 aromatic carbocycles. The summed E-state index contributed by atoms with van der Waals surface area (Å²) in [6.07, 6.45) is 0. The molecule has 3 N–H and O–H groups in total. The van der Waals surface area contributed by atoms with Gasteiger partial charge in [-0.25, -0.2) is 4.79 Å². The van der Waals surface area contributed by atoms with Crippen LogP contribution >= 0.6 is 0 Å². The Balaban J connectivity index is 1.67. The molecule has 1 aromatic heterocycles. The number of ether oxygens (including phenoxy) is 1. The van der Waals surface area contributed by atoms with Crippen molar-refractivity contribution in [3.63, 3.8) is 0 Å². The van der Waals surface area contributed by atoms with Crippen LogP contribution in [0.5, 0.6) is 11.5 Å². The number of aromatic nitrogens is 1. The number of aromatic carboxylic acids is 1. The Morgan fingerprint density at radius 2 is 1.74 bits per heavy atom. The van der Waals surface area contributed by atoms with Gasteiger partial charge in [-0.05, 0) is 41.5 Å². The molecule has 6 heteroatoms. The van der Waals surface area contributed by atoms with E-state index in [0.29, 0.717) is 19.6 Å². The normalized spacial score (nSPS) is 11.0. The molecule has 0 saturated carbocycles. The van der Waals surface area contributed by atoms with Crippen LogP contribution < -0.4 is 10.1 Å². The van der Waals surface area contributed by atoms with E-state index in [1.807, 2.05) is 59.2 Å². The van der Waals surface area contributed by atoms with E-state index in [-0.39, 0.29) is 11.4 Å². The fourth-order valence-electron chi connectivity index (χ4n) is 3.87. The smallest absolute Gasteiger partial charge is 0.352 e. The number of fused-ring (bicyclic) bond motifs is 1. The number of benzene rings is 3. The number of phenols is 1. The third kappa shape index (κ3) is 4.39.